The lowest BCUT2D eigenvalue weighted by molar-refractivity contribution is 0.103. The molecule has 0 radical (unpaired) electrons. The molecule has 3 N–H and O–H groups in total. The van der Waals surface area contributed by atoms with Gasteiger partial charge < -0.3 is 10.7 Å². The van der Waals surface area contributed by atoms with Gasteiger partial charge in [0, 0.05) is 28.4 Å². The fourth-order valence-electron chi connectivity index (χ4n) is 2.35. The van der Waals surface area contributed by atoms with Gasteiger partial charge in [0.2, 0.25) is 0 Å². The van der Waals surface area contributed by atoms with Crippen LogP contribution in [0.25, 0.3) is 10.9 Å². The standard InChI is InChI=1S/C16H13FN2O/c1-9-5-6-10(18)7-11(9)16(20)12-8-19-14-4-2-3-13(17)15(12)14/h2-8,19H,18H2,1H3. The molecule has 0 unspecified atom stereocenters. The predicted octanol–water partition coefficient (Wildman–Crippen LogP) is 3.43. The number of nitrogens with two attached hydrogens (primary N) is 1. The first-order valence-corrected chi connectivity index (χ1v) is 6.24. The Morgan fingerprint density at radius 1 is 1.20 bits per heavy atom. The first-order valence-electron chi connectivity index (χ1n) is 6.24. The van der Waals surface area contributed by atoms with Gasteiger partial charge in [-0.05, 0) is 36.8 Å². The number of aryl methyl sites for hydroxylation is 1. The average Bonchev–Trinajstić information content (AvgIpc) is 2.86. The summed E-state index contributed by atoms with van der Waals surface area (Å²) < 4.78 is 13.9. The maximum absolute atomic E-state index is 13.9. The quantitative estimate of drug-likeness (QED) is 0.552. The Morgan fingerprint density at radius 3 is 2.80 bits per heavy atom. The number of ketones is 1. The number of rotatable bonds is 2. The highest BCUT2D eigenvalue weighted by molar-refractivity contribution is 6.17. The Bertz CT molecular complexity index is 820. The molecule has 0 atom stereocenters. The van der Waals surface area contributed by atoms with Gasteiger partial charge in [-0.1, -0.05) is 12.1 Å². The van der Waals surface area contributed by atoms with Crippen LogP contribution in [-0.2, 0) is 0 Å². The van der Waals surface area contributed by atoms with E-state index in [0.717, 1.165) is 5.56 Å². The number of fused-ring (bicyclic) bond motifs is 1. The van der Waals surface area contributed by atoms with Crippen molar-refractivity contribution in [1.82, 2.24) is 4.98 Å². The molecule has 0 aliphatic heterocycles. The second-order valence-corrected chi connectivity index (χ2v) is 4.77. The Hall–Kier alpha value is -2.62. The number of hydrogen-bond acceptors (Lipinski definition) is 2. The van der Waals surface area contributed by atoms with Gasteiger partial charge in [-0.15, -0.1) is 0 Å². The van der Waals surface area contributed by atoms with Gasteiger partial charge in [-0.25, -0.2) is 4.39 Å². The third-order valence-corrected chi connectivity index (χ3v) is 3.41. The molecule has 3 nitrogen and oxygen atoms in total. The third kappa shape index (κ3) is 1.86. The second kappa shape index (κ2) is 4.49. The van der Waals surface area contributed by atoms with E-state index in [1.807, 2.05) is 6.92 Å². The fourth-order valence-corrected chi connectivity index (χ4v) is 2.35. The minimum absolute atomic E-state index is 0.230. The summed E-state index contributed by atoms with van der Waals surface area (Å²) in [5.41, 5.74) is 8.48. The van der Waals surface area contributed by atoms with E-state index in [0.29, 0.717) is 27.7 Å². The minimum atomic E-state index is -0.409. The molecule has 100 valence electrons. The highest BCUT2D eigenvalue weighted by Gasteiger charge is 2.18. The number of nitrogens with one attached hydrogen (secondary N) is 1. The molecule has 0 aliphatic carbocycles. The molecule has 0 saturated heterocycles. The van der Waals surface area contributed by atoms with E-state index in [2.05, 4.69) is 4.98 Å². The van der Waals surface area contributed by atoms with Crippen LogP contribution in [0.15, 0.2) is 42.6 Å². The molecule has 20 heavy (non-hydrogen) atoms. The zero-order chi connectivity index (χ0) is 14.3. The number of carbonyl (C=O) groups is 1. The van der Waals surface area contributed by atoms with Crippen LogP contribution in [0, 0.1) is 12.7 Å². The fraction of sp³-hybridized carbons (Fsp3) is 0.0625. The van der Waals surface area contributed by atoms with Crippen LogP contribution in [0.4, 0.5) is 10.1 Å². The van der Waals surface area contributed by atoms with E-state index >= 15 is 0 Å². The predicted molar refractivity (Wildman–Crippen MR) is 77.3 cm³/mol. The van der Waals surface area contributed by atoms with Crippen LogP contribution in [-0.4, -0.2) is 10.8 Å². The molecule has 2 aromatic carbocycles. The van der Waals surface area contributed by atoms with Crippen molar-refractivity contribution in [2.24, 2.45) is 0 Å². The Morgan fingerprint density at radius 2 is 2.00 bits per heavy atom. The first kappa shape index (κ1) is 12.4. The van der Waals surface area contributed by atoms with Crippen LogP contribution in [0.2, 0.25) is 0 Å². The minimum Gasteiger partial charge on any atom is -0.399 e. The van der Waals surface area contributed by atoms with E-state index in [4.69, 9.17) is 5.73 Å². The molecule has 0 saturated carbocycles. The van der Waals surface area contributed by atoms with E-state index in [-0.39, 0.29) is 5.78 Å². The Balaban J connectivity index is 2.21. The van der Waals surface area contributed by atoms with Gasteiger partial charge in [0.05, 0.1) is 5.56 Å². The summed E-state index contributed by atoms with van der Waals surface area (Å²) in [5.74, 6) is -0.639. The van der Waals surface area contributed by atoms with Crippen molar-refractivity contribution < 1.29 is 9.18 Å². The number of H-pyrrole nitrogens is 1. The molecule has 0 amide bonds. The monoisotopic (exact) mass is 268 g/mol. The van der Waals surface area contributed by atoms with Crippen molar-refractivity contribution in [3.63, 3.8) is 0 Å². The molecule has 0 fully saturated rings. The number of anilines is 1. The zero-order valence-electron chi connectivity index (χ0n) is 10.9. The summed E-state index contributed by atoms with van der Waals surface area (Å²) >= 11 is 0. The van der Waals surface area contributed by atoms with Crippen molar-refractivity contribution in [3.8, 4) is 0 Å². The second-order valence-electron chi connectivity index (χ2n) is 4.77. The van der Waals surface area contributed by atoms with Gasteiger partial charge in [0.25, 0.3) is 0 Å². The smallest absolute Gasteiger partial charge is 0.195 e. The summed E-state index contributed by atoms with van der Waals surface area (Å²) in [7, 11) is 0. The lowest BCUT2D eigenvalue weighted by atomic mass is 9.98. The molecular weight excluding hydrogens is 255 g/mol. The van der Waals surface area contributed by atoms with Crippen LogP contribution < -0.4 is 5.73 Å². The van der Waals surface area contributed by atoms with Gasteiger partial charge in [-0.3, -0.25) is 4.79 Å². The maximum atomic E-state index is 13.9. The average molecular weight is 268 g/mol. The molecular formula is C16H13FN2O. The highest BCUT2D eigenvalue weighted by atomic mass is 19.1. The van der Waals surface area contributed by atoms with Crippen LogP contribution in [0.1, 0.15) is 21.5 Å². The number of aromatic nitrogens is 1. The topological polar surface area (TPSA) is 58.9 Å². The third-order valence-electron chi connectivity index (χ3n) is 3.41. The van der Waals surface area contributed by atoms with Crippen LogP contribution in [0.3, 0.4) is 0 Å². The largest absolute Gasteiger partial charge is 0.399 e. The SMILES string of the molecule is Cc1ccc(N)cc1C(=O)c1c[nH]c2cccc(F)c12. The van der Waals surface area contributed by atoms with Gasteiger partial charge in [0.1, 0.15) is 5.82 Å². The summed E-state index contributed by atoms with van der Waals surface area (Å²) in [6.07, 6.45) is 1.54. The number of nitrogen functional groups attached to an aromatic ring is 1. The summed E-state index contributed by atoms with van der Waals surface area (Å²) in [4.78, 5) is 15.5. The normalized spacial score (nSPS) is 10.9. The van der Waals surface area contributed by atoms with Gasteiger partial charge in [0.15, 0.2) is 5.78 Å². The van der Waals surface area contributed by atoms with Crippen molar-refractivity contribution in [2.45, 2.75) is 6.92 Å². The van der Waals surface area contributed by atoms with Crippen LogP contribution in [0.5, 0.6) is 0 Å². The van der Waals surface area contributed by atoms with E-state index in [1.54, 1.807) is 36.5 Å². The molecule has 3 rings (SSSR count). The molecule has 4 heteroatoms. The Kier molecular flexibility index (Phi) is 2.79. The molecule has 1 heterocycles. The molecule has 1 aromatic heterocycles. The number of hydrogen-bond donors (Lipinski definition) is 2. The number of halogens is 1. The number of carbonyl (C=O) groups excluding carboxylic acids is 1. The van der Waals surface area contributed by atoms with Crippen molar-refractivity contribution >= 4 is 22.4 Å². The van der Waals surface area contributed by atoms with Crippen molar-refractivity contribution in [2.75, 3.05) is 5.73 Å². The lowest BCUT2D eigenvalue weighted by Crippen LogP contribution is -2.04. The summed E-state index contributed by atoms with van der Waals surface area (Å²) in [6, 6.07) is 9.84. The van der Waals surface area contributed by atoms with Crippen molar-refractivity contribution in [3.05, 3.63) is 65.1 Å². The highest BCUT2D eigenvalue weighted by Crippen LogP contribution is 2.25. The number of aromatic amines is 1. The van der Waals surface area contributed by atoms with E-state index < -0.39 is 5.82 Å². The Labute approximate surface area is 115 Å². The molecule has 0 spiro atoms. The van der Waals surface area contributed by atoms with E-state index in [9.17, 15) is 9.18 Å². The van der Waals surface area contributed by atoms with Gasteiger partial charge >= 0.3 is 0 Å². The number of benzene rings is 2. The van der Waals surface area contributed by atoms with Crippen LogP contribution >= 0.6 is 0 Å². The van der Waals surface area contributed by atoms with Gasteiger partial charge in [-0.2, -0.15) is 0 Å². The lowest BCUT2D eigenvalue weighted by Gasteiger charge is -2.05. The molecule has 0 aliphatic rings. The first-order chi connectivity index (χ1) is 9.58. The zero-order valence-corrected chi connectivity index (χ0v) is 10.9. The summed E-state index contributed by atoms with van der Waals surface area (Å²) in [5, 5.41) is 0.319. The summed E-state index contributed by atoms with van der Waals surface area (Å²) in [6.45, 7) is 1.83. The van der Waals surface area contributed by atoms with Crippen molar-refractivity contribution in [1.29, 1.82) is 0 Å². The maximum Gasteiger partial charge on any atom is 0.195 e. The molecule has 0 bridgehead atoms. The van der Waals surface area contributed by atoms with E-state index in [1.165, 1.54) is 6.07 Å². The molecule has 3 aromatic rings.